The Balaban J connectivity index is 1.00. The van der Waals surface area contributed by atoms with Crippen LogP contribution in [0.2, 0.25) is 5.02 Å². The molecular weight excluding hydrogens is 860 g/mol. The molecule has 0 bridgehead atoms. The summed E-state index contributed by atoms with van der Waals surface area (Å²) >= 11 is 6.27. The fraction of sp³-hybridized carbons (Fsp3) is 0.370. The van der Waals surface area contributed by atoms with Crippen LogP contribution < -0.4 is 20.1 Å². The first-order valence-electron chi connectivity index (χ1n) is 21.3. The maximum Gasteiger partial charge on any atom is 0.281 e. The molecule has 64 heavy (non-hydrogen) atoms. The maximum absolute atomic E-state index is 14.0. The Morgan fingerprint density at radius 3 is 2.58 bits per heavy atom. The maximum atomic E-state index is 14.0. The number of amides is 1. The van der Waals surface area contributed by atoms with Crippen LogP contribution in [0.15, 0.2) is 94.6 Å². The summed E-state index contributed by atoms with van der Waals surface area (Å²) in [4.78, 5) is 41.0. The summed E-state index contributed by atoms with van der Waals surface area (Å²) in [7, 11) is -3.14. The van der Waals surface area contributed by atoms with Gasteiger partial charge in [0, 0.05) is 86.2 Å². The highest BCUT2D eigenvalue weighted by Gasteiger charge is 2.41. The molecule has 1 saturated carbocycles. The van der Waals surface area contributed by atoms with Gasteiger partial charge >= 0.3 is 0 Å². The largest absolute Gasteiger partial charge is 0.455 e. The van der Waals surface area contributed by atoms with E-state index in [0.29, 0.717) is 43.1 Å². The zero-order valence-electron chi connectivity index (χ0n) is 35.6. The van der Waals surface area contributed by atoms with Crippen LogP contribution >= 0.6 is 11.6 Å². The second-order valence-electron chi connectivity index (χ2n) is 16.5. The van der Waals surface area contributed by atoms with Crippen molar-refractivity contribution in [3.63, 3.8) is 0 Å². The molecule has 1 aliphatic heterocycles. The van der Waals surface area contributed by atoms with Gasteiger partial charge in [0.2, 0.25) is 0 Å². The summed E-state index contributed by atoms with van der Waals surface area (Å²) in [6, 6.07) is 18.7. The number of hydrogen-bond donors (Lipinski definition) is 3. The molecule has 16 nitrogen and oxygen atoms in total. The number of carbonyl (C=O) groups is 1. The Kier molecular flexibility index (Phi) is 13.6. The second-order valence-corrected chi connectivity index (χ2v) is 18.6. The number of aromatic nitrogens is 2. The van der Waals surface area contributed by atoms with Gasteiger partial charge in [-0.1, -0.05) is 35.7 Å². The van der Waals surface area contributed by atoms with Gasteiger partial charge in [-0.05, 0) is 91.1 Å². The van der Waals surface area contributed by atoms with Crippen LogP contribution in [0.4, 0.5) is 17.1 Å². The first kappa shape index (κ1) is 44.7. The van der Waals surface area contributed by atoms with E-state index >= 15 is 0 Å². The SMILES string of the molecule is COCCOCCN=Cc1c(N)cc(S(=O)(=O)NC(=O)c2ccc(N3CCN(CC4=C(c5ccc(Cl)cc5)CC5(CCC5)CC4)CC3)cc2Oc2cnc3[nH]ccc3c2)cc1[N+](=O)[O-]. The molecule has 1 spiro atoms. The molecule has 3 heterocycles. The van der Waals surface area contributed by atoms with Crippen LogP contribution in [-0.2, 0) is 19.5 Å². The Morgan fingerprint density at radius 2 is 1.84 bits per heavy atom. The Hall–Kier alpha value is -5.85. The molecule has 4 N–H and O–H groups in total. The molecule has 2 aliphatic carbocycles. The molecule has 8 rings (SSSR count). The number of nitro benzene ring substituents is 1. The minimum Gasteiger partial charge on any atom is -0.455 e. The molecule has 2 aromatic heterocycles. The topological polar surface area (TPSA) is 208 Å². The zero-order chi connectivity index (χ0) is 44.8. The van der Waals surface area contributed by atoms with Gasteiger partial charge in [0.15, 0.2) is 0 Å². The Labute approximate surface area is 376 Å². The lowest BCUT2D eigenvalue weighted by molar-refractivity contribution is -0.385. The number of pyridine rings is 1. The first-order chi connectivity index (χ1) is 30.9. The molecule has 1 amide bonds. The molecule has 2 fully saturated rings. The number of halogens is 1. The number of anilines is 2. The number of rotatable bonds is 17. The number of carbonyl (C=O) groups excluding carboxylic acids is 1. The van der Waals surface area contributed by atoms with Gasteiger partial charge in [0.25, 0.3) is 21.6 Å². The minimum absolute atomic E-state index is 0.0806. The smallest absolute Gasteiger partial charge is 0.281 e. The number of fused-ring (bicyclic) bond motifs is 1. The average Bonchev–Trinajstić information content (AvgIpc) is 3.74. The molecule has 0 radical (unpaired) electrons. The molecule has 3 aliphatic rings. The Bertz CT molecular complexity index is 2690. The highest BCUT2D eigenvalue weighted by molar-refractivity contribution is 7.90. The number of allylic oxidation sites excluding steroid dienone is 1. The highest BCUT2D eigenvalue weighted by Crippen LogP contribution is 2.55. The fourth-order valence-corrected chi connectivity index (χ4v) is 9.89. The van der Waals surface area contributed by atoms with Gasteiger partial charge < -0.3 is 29.8 Å². The van der Waals surface area contributed by atoms with E-state index in [2.05, 4.69) is 41.6 Å². The number of aromatic amines is 1. The molecule has 0 atom stereocenters. The third kappa shape index (κ3) is 10.2. The van der Waals surface area contributed by atoms with Crippen molar-refractivity contribution >= 4 is 67.4 Å². The van der Waals surface area contributed by atoms with Crippen molar-refractivity contribution in [2.24, 2.45) is 10.4 Å². The van der Waals surface area contributed by atoms with Crippen molar-refractivity contribution in [3.05, 3.63) is 117 Å². The summed E-state index contributed by atoms with van der Waals surface area (Å²) in [5.74, 6) is -0.588. The molecule has 5 aromatic rings. The summed E-state index contributed by atoms with van der Waals surface area (Å²) in [6.07, 6.45) is 11.8. The quantitative estimate of drug-likeness (QED) is 0.0271. The lowest BCUT2D eigenvalue weighted by Crippen LogP contribution is -2.47. The predicted octanol–water partition coefficient (Wildman–Crippen LogP) is 7.63. The Morgan fingerprint density at radius 1 is 1.05 bits per heavy atom. The van der Waals surface area contributed by atoms with E-state index in [1.165, 1.54) is 60.9 Å². The van der Waals surface area contributed by atoms with E-state index in [0.717, 1.165) is 60.7 Å². The van der Waals surface area contributed by atoms with Gasteiger partial charge in [-0.15, -0.1) is 0 Å². The minimum atomic E-state index is -4.69. The van der Waals surface area contributed by atoms with Gasteiger partial charge in [-0.25, -0.2) is 18.1 Å². The van der Waals surface area contributed by atoms with Crippen LogP contribution in [0.1, 0.15) is 60.0 Å². The summed E-state index contributed by atoms with van der Waals surface area (Å²) in [6.45, 7) is 5.13. The van der Waals surface area contributed by atoms with E-state index in [1.807, 2.05) is 18.2 Å². The number of methoxy groups -OCH3 is 1. The van der Waals surface area contributed by atoms with Crippen molar-refractivity contribution in [3.8, 4) is 11.5 Å². The molecule has 1 saturated heterocycles. The molecule has 336 valence electrons. The van der Waals surface area contributed by atoms with Crippen molar-refractivity contribution in [1.29, 1.82) is 0 Å². The normalized spacial score (nSPS) is 16.7. The fourth-order valence-electron chi connectivity index (χ4n) is 8.74. The summed E-state index contributed by atoms with van der Waals surface area (Å²) in [5, 5.41) is 13.6. The van der Waals surface area contributed by atoms with E-state index in [1.54, 1.807) is 31.5 Å². The first-order valence-corrected chi connectivity index (χ1v) is 23.2. The number of piperazine rings is 1. The standard InChI is InChI=1S/C46H51ClN8O8S/c1-61-21-22-62-20-15-49-29-40-41(48)25-37(26-42(40)55(57)58)64(59,60)52-45(56)38-8-7-35(24-43(38)63-36-23-32-10-14-50-44(32)51-28-36)54-18-16-53(17-19-54)30-33-9-13-46(11-2-12-46)27-39(33)31-3-5-34(47)6-4-31/h3-8,10,14,23-26,28-29H,2,9,11-13,15-22,27,30,48H2,1H3,(H,50,51)(H,52,56). The molecular formula is C46H51ClN8O8S. The third-order valence-corrected chi connectivity index (χ3v) is 14.0. The number of nitrogens with two attached hydrogens (primary N) is 1. The van der Waals surface area contributed by atoms with Gasteiger partial charge in [0.1, 0.15) is 17.1 Å². The van der Waals surface area contributed by atoms with Crippen molar-refractivity contribution in [2.45, 2.75) is 43.4 Å². The lowest BCUT2D eigenvalue weighted by Gasteiger charge is -2.47. The summed E-state index contributed by atoms with van der Waals surface area (Å²) < 4.78 is 46.1. The number of hydrogen-bond acceptors (Lipinski definition) is 13. The number of benzene rings is 3. The van der Waals surface area contributed by atoms with E-state index in [9.17, 15) is 23.3 Å². The van der Waals surface area contributed by atoms with Gasteiger partial charge in [0.05, 0.1) is 53.5 Å². The average molecular weight is 911 g/mol. The number of ether oxygens (including phenoxy) is 3. The van der Waals surface area contributed by atoms with Crippen molar-refractivity contribution in [1.82, 2.24) is 19.6 Å². The van der Waals surface area contributed by atoms with Gasteiger partial charge in [-0.2, -0.15) is 0 Å². The van der Waals surface area contributed by atoms with Crippen LogP contribution in [0.3, 0.4) is 0 Å². The number of nitrogens with one attached hydrogen (secondary N) is 2. The number of nitrogen functional groups attached to an aromatic ring is 1. The number of H-pyrrole nitrogens is 1. The monoisotopic (exact) mass is 910 g/mol. The number of nitrogens with zero attached hydrogens (tertiary/aromatic N) is 5. The zero-order valence-corrected chi connectivity index (χ0v) is 37.1. The van der Waals surface area contributed by atoms with Crippen LogP contribution in [0.5, 0.6) is 11.5 Å². The molecule has 18 heteroatoms. The van der Waals surface area contributed by atoms with Crippen LogP contribution in [0.25, 0.3) is 16.6 Å². The molecule has 3 aromatic carbocycles. The summed E-state index contributed by atoms with van der Waals surface area (Å²) in [5.41, 5.74) is 11.3. The third-order valence-electron chi connectivity index (χ3n) is 12.4. The van der Waals surface area contributed by atoms with Crippen LogP contribution in [0, 0.1) is 15.5 Å². The van der Waals surface area contributed by atoms with Crippen molar-refractivity contribution < 1.29 is 32.3 Å². The number of aliphatic imine (C=N–C) groups is 1. The van der Waals surface area contributed by atoms with E-state index in [-0.39, 0.29) is 35.7 Å². The van der Waals surface area contributed by atoms with Gasteiger partial charge in [-0.3, -0.25) is 24.8 Å². The highest BCUT2D eigenvalue weighted by atomic mass is 35.5. The van der Waals surface area contributed by atoms with Crippen LogP contribution in [-0.4, -0.2) is 107 Å². The van der Waals surface area contributed by atoms with Crippen molar-refractivity contribution in [2.75, 3.05) is 76.8 Å². The second kappa shape index (κ2) is 19.5. The predicted molar refractivity (Wildman–Crippen MR) is 247 cm³/mol. The molecule has 0 unspecified atom stereocenters. The number of nitro groups is 1. The lowest BCUT2D eigenvalue weighted by atomic mass is 9.59. The number of sulfonamides is 1. The van der Waals surface area contributed by atoms with E-state index < -0.39 is 31.4 Å². The van der Waals surface area contributed by atoms with E-state index in [4.69, 9.17) is 31.5 Å².